The quantitative estimate of drug-likeness (QED) is 0.793. The summed E-state index contributed by atoms with van der Waals surface area (Å²) >= 11 is 4.63. The van der Waals surface area contributed by atoms with E-state index in [-0.39, 0.29) is 24.0 Å². The maximum Gasteiger partial charge on any atom is 0.471 e. The summed E-state index contributed by atoms with van der Waals surface area (Å²) in [6.07, 6.45) is -1.72. The molecule has 1 aliphatic carbocycles. The standard InChI is InChI=1S/C10H15F3N2OS/c11-10(12,13)9(16)15(6-5-8(14)17)7-3-1-2-4-7/h7H,1-6H2,(H2,14,17). The number of hydrogen-bond donors (Lipinski definition) is 1. The minimum absolute atomic E-state index is 0.0433. The molecule has 1 amide bonds. The third-order valence-electron chi connectivity index (χ3n) is 2.87. The molecular formula is C10H15F3N2OS. The minimum Gasteiger partial charge on any atom is -0.393 e. The Morgan fingerprint density at radius 1 is 1.35 bits per heavy atom. The maximum atomic E-state index is 12.4. The van der Waals surface area contributed by atoms with Crippen LogP contribution in [0.15, 0.2) is 0 Å². The number of amides is 1. The number of nitrogens with zero attached hydrogens (tertiary/aromatic N) is 1. The van der Waals surface area contributed by atoms with Crippen molar-refractivity contribution in [3.8, 4) is 0 Å². The summed E-state index contributed by atoms with van der Waals surface area (Å²) in [5.41, 5.74) is 5.26. The number of rotatable bonds is 4. The van der Waals surface area contributed by atoms with Crippen molar-refractivity contribution in [2.24, 2.45) is 5.73 Å². The number of alkyl halides is 3. The Morgan fingerprint density at radius 2 is 1.88 bits per heavy atom. The number of nitrogens with two attached hydrogens (primary N) is 1. The summed E-state index contributed by atoms with van der Waals surface area (Å²) in [4.78, 5) is 12.3. The van der Waals surface area contributed by atoms with Crippen LogP contribution in [0.1, 0.15) is 32.1 Å². The maximum absolute atomic E-state index is 12.4. The fourth-order valence-electron chi connectivity index (χ4n) is 2.06. The lowest BCUT2D eigenvalue weighted by atomic mass is 10.2. The molecule has 0 aromatic rings. The van der Waals surface area contributed by atoms with E-state index in [0.29, 0.717) is 12.8 Å². The lowest BCUT2D eigenvalue weighted by Gasteiger charge is -2.29. The van der Waals surface area contributed by atoms with Gasteiger partial charge in [-0.2, -0.15) is 13.2 Å². The lowest BCUT2D eigenvalue weighted by molar-refractivity contribution is -0.187. The molecule has 2 N–H and O–H groups in total. The van der Waals surface area contributed by atoms with Gasteiger partial charge in [-0.3, -0.25) is 4.79 Å². The van der Waals surface area contributed by atoms with Crippen molar-refractivity contribution < 1.29 is 18.0 Å². The van der Waals surface area contributed by atoms with Gasteiger partial charge in [0, 0.05) is 19.0 Å². The first kappa shape index (κ1) is 14.2. The molecule has 1 saturated carbocycles. The van der Waals surface area contributed by atoms with Gasteiger partial charge in [0.05, 0.1) is 4.99 Å². The summed E-state index contributed by atoms with van der Waals surface area (Å²) in [7, 11) is 0. The molecule has 17 heavy (non-hydrogen) atoms. The van der Waals surface area contributed by atoms with Crippen molar-refractivity contribution in [1.29, 1.82) is 0 Å². The molecule has 0 atom stereocenters. The van der Waals surface area contributed by atoms with E-state index in [0.717, 1.165) is 17.7 Å². The van der Waals surface area contributed by atoms with Crippen molar-refractivity contribution in [2.75, 3.05) is 6.54 Å². The topological polar surface area (TPSA) is 46.3 Å². The number of halogens is 3. The SMILES string of the molecule is NC(=S)CCN(C(=O)C(F)(F)F)C1CCCC1. The molecule has 0 heterocycles. The van der Waals surface area contributed by atoms with Crippen molar-refractivity contribution in [2.45, 2.75) is 44.3 Å². The number of carbonyl (C=O) groups is 1. The third-order valence-corrected chi connectivity index (χ3v) is 3.07. The highest BCUT2D eigenvalue weighted by molar-refractivity contribution is 7.80. The zero-order valence-electron chi connectivity index (χ0n) is 9.29. The highest BCUT2D eigenvalue weighted by Gasteiger charge is 2.44. The molecule has 1 fully saturated rings. The van der Waals surface area contributed by atoms with Gasteiger partial charge in [0.2, 0.25) is 0 Å². The third kappa shape index (κ3) is 4.14. The second-order valence-electron chi connectivity index (χ2n) is 4.15. The van der Waals surface area contributed by atoms with Crippen LogP contribution < -0.4 is 5.73 Å². The lowest BCUT2D eigenvalue weighted by Crippen LogP contribution is -2.47. The summed E-state index contributed by atoms with van der Waals surface area (Å²) < 4.78 is 37.3. The Hall–Kier alpha value is -0.850. The van der Waals surface area contributed by atoms with E-state index < -0.39 is 12.1 Å². The average molecular weight is 268 g/mol. The first-order valence-corrected chi connectivity index (χ1v) is 5.89. The molecular weight excluding hydrogens is 253 g/mol. The molecule has 98 valence electrons. The Morgan fingerprint density at radius 3 is 2.29 bits per heavy atom. The van der Waals surface area contributed by atoms with Crippen molar-refractivity contribution >= 4 is 23.1 Å². The van der Waals surface area contributed by atoms with Crippen molar-refractivity contribution in [3.05, 3.63) is 0 Å². The van der Waals surface area contributed by atoms with Gasteiger partial charge in [-0.25, -0.2) is 0 Å². The molecule has 0 spiro atoms. The molecule has 0 bridgehead atoms. The van der Waals surface area contributed by atoms with Crippen LogP contribution in [-0.2, 0) is 4.79 Å². The second kappa shape index (κ2) is 5.66. The number of hydrogen-bond acceptors (Lipinski definition) is 2. The molecule has 7 heteroatoms. The summed E-state index contributed by atoms with van der Waals surface area (Å²) in [5.74, 6) is -1.78. The monoisotopic (exact) mass is 268 g/mol. The fourth-order valence-corrected chi connectivity index (χ4v) is 2.15. The van der Waals surface area contributed by atoms with Gasteiger partial charge < -0.3 is 10.6 Å². The number of thiocarbonyl (C=S) groups is 1. The molecule has 0 saturated heterocycles. The average Bonchev–Trinajstić information content (AvgIpc) is 2.69. The number of carbonyl (C=O) groups excluding carboxylic acids is 1. The summed E-state index contributed by atoms with van der Waals surface area (Å²) in [5, 5.41) is 0. The molecule has 1 rings (SSSR count). The van der Waals surface area contributed by atoms with Crippen LogP contribution in [0.25, 0.3) is 0 Å². The highest BCUT2D eigenvalue weighted by Crippen LogP contribution is 2.28. The summed E-state index contributed by atoms with van der Waals surface area (Å²) in [6.45, 7) is -0.0433. The van der Waals surface area contributed by atoms with Crippen LogP contribution in [0.4, 0.5) is 13.2 Å². The molecule has 0 aliphatic heterocycles. The molecule has 0 aromatic carbocycles. The van der Waals surface area contributed by atoms with E-state index in [2.05, 4.69) is 12.2 Å². The fraction of sp³-hybridized carbons (Fsp3) is 0.800. The first-order valence-electron chi connectivity index (χ1n) is 5.48. The van der Waals surface area contributed by atoms with Gasteiger partial charge in [-0.05, 0) is 12.8 Å². The van der Waals surface area contributed by atoms with E-state index >= 15 is 0 Å². The first-order chi connectivity index (χ1) is 7.82. The van der Waals surface area contributed by atoms with Crippen LogP contribution in [0, 0.1) is 0 Å². The normalized spacial score (nSPS) is 17.1. The molecule has 1 aliphatic rings. The largest absolute Gasteiger partial charge is 0.471 e. The van der Waals surface area contributed by atoms with Crippen molar-refractivity contribution in [3.63, 3.8) is 0 Å². The molecule has 0 unspecified atom stereocenters. The zero-order chi connectivity index (χ0) is 13.1. The Kier molecular flexibility index (Phi) is 4.73. The smallest absolute Gasteiger partial charge is 0.393 e. The van der Waals surface area contributed by atoms with Gasteiger partial charge in [-0.1, -0.05) is 25.1 Å². The second-order valence-corrected chi connectivity index (χ2v) is 4.68. The van der Waals surface area contributed by atoms with E-state index in [4.69, 9.17) is 5.73 Å². The van der Waals surface area contributed by atoms with Gasteiger partial charge in [0.15, 0.2) is 0 Å². The molecule has 0 aromatic heterocycles. The van der Waals surface area contributed by atoms with E-state index in [1.165, 1.54) is 0 Å². The van der Waals surface area contributed by atoms with Crippen LogP contribution in [-0.4, -0.2) is 34.6 Å². The van der Waals surface area contributed by atoms with E-state index in [1.54, 1.807) is 0 Å². The zero-order valence-corrected chi connectivity index (χ0v) is 10.1. The van der Waals surface area contributed by atoms with Crippen LogP contribution in [0.2, 0.25) is 0 Å². The van der Waals surface area contributed by atoms with Gasteiger partial charge in [0.1, 0.15) is 0 Å². The van der Waals surface area contributed by atoms with Gasteiger partial charge in [0.25, 0.3) is 0 Å². The van der Waals surface area contributed by atoms with E-state index in [9.17, 15) is 18.0 Å². The van der Waals surface area contributed by atoms with Crippen LogP contribution >= 0.6 is 12.2 Å². The molecule has 0 radical (unpaired) electrons. The van der Waals surface area contributed by atoms with E-state index in [1.807, 2.05) is 0 Å². The Labute approximate surface area is 103 Å². The predicted molar refractivity (Wildman–Crippen MR) is 61.4 cm³/mol. The van der Waals surface area contributed by atoms with Crippen LogP contribution in [0.5, 0.6) is 0 Å². The van der Waals surface area contributed by atoms with Gasteiger partial charge >= 0.3 is 12.1 Å². The minimum atomic E-state index is -4.82. The predicted octanol–water partition coefficient (Wildman–Crippen LogP) is 2.00. The Bertz CT molecular complexity index is 300. The van der Waals surface area contributed by atoms with Gasteiger partial charge in [-0.15, -0.1) is 0 Å². The van der Waals surface area contributed by atoms with Crippen LogP contribution in [0.3, 0.4) is 0 Å². The molecule has 3 nitrogen and oxygen atoms in total. The highest BCUT2D eigenvalue weighted by atomic mass is 32.1. The van der Waals surface area contributed by atoms with Crippen molar-refractivity contribution in [1.82, 2.24) is 4.90 Å². The Balaban J connectivity index is 2.70. The summed E-state index contributed by atoms with van der Waals surface area (Å²) in [6, 6.07) is -0.321.